The highest BCUT2D eigenvalue weighted by Crippen LogP contribution is 2.43. The molecule has 1 aromatic rings. The molecule has 11 heteroatoms. The van der Waals surface area contributed by atoms with Crippen LogP contribution in [0.15, 0.2) is 6.07 Å². The summed E-state index contributed by atoms with van der Waals surface area (Å²) in [6.45, 7) is 5.73. The van der Waals surface area contributed by atoms with Crippen molar-refractivity contribution in [1.29, 1.82) is 5.26 Å². The van der Waals surface area contributed by atoms with Crippen LogP contribution in [0.1, 0.15) is 62.9 Å². The summed E-state index contributed by atoms with van der Waals surface area (Å²) in [6.07, 6.45) is 0.528. The van der Waals surface area contributed by atoms with Gasteiger partial charge in [0.25, 0.3) is 0 Å². The van der Waals surface area contributed by atoms with Crippen LogP contribution in [-0.2, 0) is 14.3 Å². The molecule has 1 N–H and O–H groups in total. The minimum Gasteiger partial charge on any atom is -0.465 e. The maximum atomic E-state index is 15.5. The molecule has 190 valence electrons. The fourth-order valence-corrected chi connectivity index (χ4v) is 4.21. The van der Waals surface area contributed by atoms with Crippen molar-refractivity contribution in [3.8, 4) is 6.07 Å². The molecule has 2 amide bonds. The summed E-state index contributed by atoms with van der Waals surface area (Å²) in [5, 5.41) is 12.4. The van der Waals surface area contributed by atoms with Gasteiger partial charge in [-0.05, 0) is 39.7 Å². The van der Waals surface area contributed by atoms with Gasteiger partial charge in [0.15, 0.2) is 0 Å². The van der Waals surface area contributed by atoms with E-state index < -0.39 is 35.1 Å². The molecule has 35 heavy (non-hydrogen) atoms. The number of nitrogens with one attached hydrogen (secondary N) is 1. The molecule has 1 unspecified atom stereocenters. The van der Waals surface area contributed by atoms with Gasteiger partial charge in [-0.3, -0.25) is 4.79 Å². The number of alkyl carbamates (subject to hydrolysis) is 1. The van der Waals surface area contributed by atoms with Crippen LogP contribution >= 0.6 is 0 Å². The normalized spacial score (nSPS) is 19.7. The third kappa shape index (κ3) is 5.81. The van der Waals surface area contributed by atoms with E-state index >= 15 is 8.78 Å². The Morgan fingerprint density at radius 2 is 2.00 bits per heavy atom. The van der Waals surface area contributed by atoms with Crippen molar-refractivity contribution in [2.75, 3.05) is 36.5 Å². The van der Waals surface area contributed by atoms with E-state index in [9.17, 15) is 19.6 Å². The zero-order chi connectivity index (χ0) is 26.1. The van der Waals surface area contributed by atoms with Crippen molar-refractivity contribution in [2.24, 2.45) is 0 Å². The molecule has 1 aliphatic carbocycles. The smallest absolute Gasteiger partial charge is 0.407 e. The Hall–Kier alpha value is -3.42. The van der Waals surface area contributed by atoms with E-state index in [-0.39, 0.29) is 54.6 Å². The first-order chi connectivity index (χ1) is 16.3. The number of amides is 2. The Morgan fingerprint density at radius 3 is 2.51 bits per heavy atom. The first kappa shape index (κ1) is 26.2. The molecule has 1 saturated heterocycles. The fraction of sp³-hybridized carbons (Fsp3) is 0.583. The van der Waals surface area contributed by atoms with Gasteiger partial charge in [-0.15, -0.1) is 0 Å². The molecule has 0 radical (unpaired) electrons. The predicted molar refractivity (Wildman–Crippen MR) is 124 cm³/mol. The number of carbonyl (C=O) groups is 3. The number of halogens is 2. The number of nitriles is 1. The lowest BCUT2D eigenvalue weighted by molar-refractivity contribution is -0.116. The number of nitrogens with zero attached hydrogens (tertiary/aromatic N) is 3. The summed E-state index contributed by atoms with van der Waals surface area (Å²) in [5.41, 5.74) is -3.37. The molecule has 1 atom stereocenters. The number of hydrogen-bond donors (Lipinski definition) is 1. The van der Waals surface area contributed by atoms with Gasteiger partial charge in [0.1, 0.15) is 28.7 Å². The molecular formula is C24H30F2N4O5. The lowest BCUT2D eigenvalue weighted by Crippen LogP contribution is -2.43. The van der Waals surface area contributed by atoms with Gasteiger partial charge in [0, 0.05) is 25.9 Å². The van der Waals surface area contributed by atoms with Crippen LogP contribution in [0.25, 0.3) is 0 Å². The number of benzene rings is 1. The van der Waals surface area contributed by atoms with E-state index in [1.165, 1.54) is 16.7 Å². The largest absolute Gasteiger partial charge is 0.465 e. The summed E-state index contributed by atoms with van der Waals surface area (Å²) in [4.78, 5) is 39.5. The molecule has 3 rings (SSSR count). The Bertz CT molecular complexity index is 1080. The lowest BCUT2D eigenvalue weighted by atomic mass is 10.0. The number of rotatable bonds is 6. The first-order valence-corrected chi connectivity index (χ1v) is 11.4. The van der Waals surface area contributed by atoms with Crippen molar-refractivity contribution in [2.45, 2.75) is 64.3 Å². The van der Waals surface area contributed by atoms with E-state index in [1.807, 2.05) is 6.07 Å². The Morgan fingerprint density at radius 1 is 1.34 bits per heavy atom. The van der Waals surface area contributed by atoms with Gasteiger partial charge in [-0.1, -0.05) is 0 Å². The van der Waals surface area contributed by atoms with Crippen LogP contribution in [0.5, 0.6) is 0 Å². The number of carbonyl (C=O) groups excluding carboxylic acids is 3. The van der Waals surface area contributed by atoms with Crippen LogP contribution < -0.4 is 15.1 Å². The number of methoxy groups -OCH3 is 1. The zero-order valence-electron chi connectivity index (χ0n) is 20.5. The van der Waals surface area contributed by atoms with Crippen LogP contribution in [0.3, 0.4) is 0 Å². The van der Waals surface area contributed by atoms with E-state index in [0.717, 1.165) is 13.2 Å². The van der Waals surface area contributed by atoms with E-state index in [2.05, 4.69) is 5.32 Å². The molecule has 1 aromatic carbocycles. The molecule has 1 aliphatic heterocycles. The van der Waals surface area contributed by atoms with Gasteiger partial charge in [-0.25, -0.2) is 18.4 Å². The van der Waals surface area contributed by atoms with Crippen molar-refractivity contribution in [3.63, 3.8) is 0 Å². The Kier molecular flexibility index (Phi) is 7.24. The monoisotopic (exact) mass is 492 g/mol. The second-order valence-electron chi connectivity index (χ2n) is 9.88. The minimum atomic E-state index is -1.91. The third-order valence-electron chi connectivity index (χ3n) is 5.80. The quantitative estimate of drug-likeness (QED) is 0.606. The first-order valence-electron chi connectivity index (χ1n) is 11.4. The summed E-state index contributed by atoms with van der Waals surface area (Å²) < 4.78 is 40.8. The number of ether oxygens (including phenoxy) is 2. The second kappa shape index (κ2) is 9.68. The molecule has 2 fully saturated rings. The second-order valence-corrected chi connectivity index (χ2v) is 9.88. The SMILES string of the molecule is COC(=O)c1cc(F)c(N2CCC(F)(CNC(=O)OC(C)(C)C)C2)c(C#N)c1N(C(C)=O)C1CC1. The topological polar surface area (TPSA) is 112 Å². The number of esters is 1. The van der Waals surface area contributed by atoms with Crippen LogP contribution in [0.4, 0.5) is 25.0 Å². The van der Waals surface area contributed by atoms with Crippen molar-refractivity contribution < 1.29 is 32.6 Å². The maximum Gasteiger partial charge on any atom is 0.407 e. The minimum absolute atomic E-state index is 0.0333. The highest BCUT2D eigenvalue weighted by molar-refractivity contribution is 6.05. The summed E-state index contributed by atoms with van der Waals surface area (Å²) in [5.74, 6) is -2.21. The number of alkyl halides is 1. The fourth-order valence-electron chi connectivity index (χ4n) is 4.21. The number of anilines is 2. The van der Waals surface area contributed by atoms with Gasteiger partial charge in [-0.2, -0.15) is 5.26 Å². The van der Waals surface area contributed by atoms with Crippen LogP contribution in [0, 0.1) is 17.1 Å². The van der Waals surface area contributed by atoms with E-state index in [0.29, 0.717) is 12.8 Å². The highest BCUT2D eigenvalue weighted by Gasteiger charge is 2.43. The molecule has 9 nitrogen and oxygen atoms in total. The predicted octanol–water partition coefficient (Wildman–Crippen LogP) is 3.44. The van der Waals surface area contributed by atoms with E-state index in [4.69, 9.17) is 9.47 Å². The zero-order valence-corrected chi connectivity index (χ0v) is 20.5. The Balaban J connectivity index is 1.96. The lowest BCUT2D eigenvalue weighted by Gasteiger charge is -2.29. The molecular weight excluding hydrogens is 462 g/mol. The average Bonchev–Trinajstić information content (AvgIpc) is 3.52. The van der Waals surface area contributed by atoms with Gasteiger partial charge >= 0.3 is 12.1 Å². The summed E-state index contributed by atoms with van der Waals surface area (Å²) >= 11 is 0. The molecule has 0 spiro atoms. The van der Waals surface area contributed by atoms with Crippen LogP contribution in [-0.4, -0.2) is 62.0 Å². The molecule has 2 aliphatic rings. The van der Waals surface area contributed by atoms with Crippen LogP contribution in [0.2, 0.25) is 0 Å². The van der Waals surface area contributed by atoms with Crippen molar-refractivity contribution >= 4 is 29.3 Å². The van der Waals surface area contributed by atoms with Crippen molar-refractivity contribution in [1.82, 2.24) is 5.32 Å². The standard InChI is InChI=1S/C24H30F2N4O5/c1-14(31)30(15-6-7-15)19-16(21(32)34-5)10-18(25)20(17(19)11-27)29-9-8-24(26,13-29)12-28-22(33)35-23(2,3)4/h10,15H,6-9,12-13H2,1-5H3,(H,28,33). The Labute approximate surface area is 202 Å². The summed E-state index contributed by atoms with van der Waals surface area (Å²) in [6, 6.07) is 2.63. The summed E-state index contributed by atoms with van der Waals surface area (Å²) in [7, 11) is 1.12. The molecule has 0 bridgehead atoms. The van der Waals surface area contributed by atoms with Crippen molar-refractivity contribution in [3.05, 3.63) is 23.0 Å². The number of hydrogen-bond acceptors (Lipinski definition) is 7. The van der Waals surface area contributed by atoms with E-state index in [1.54, 1.807) is 20.8 Å². The van der Waals surface area contributed by atoms with Gasteiger partial charge in [0.05, 0.1) is 37.1 Å². The average molecular weight is 493 g/mol. The molecule has 1 heterocycles. The maximum absolute atomic E-state index is 15.5. The highest BCUT2D eigenvalue weighted by atomic mass is 19.1. The molecule has 1 saturated carbocycles. The van der Waals surface area contributed by atoms with Gasteiger partial charge < -0.3 is 24.6 Å². The third-order valence-corrected chi connectivity index (χ3v) is 5.80. The van der Waals surface area contributed by atoms with Gasteiger partial charge in [0.2, 0.25) is 5.91 Å². The molecule has 0 aromatic heterocycles.